The second-order valence-corrected chi connectivity index (χ2v) is 25.7. The summed E-state index contributed by atoms with van der Waals surface area (Å²) in [5, 5.41) is 0. The van der Waals surface area contributed by atoms with E-state index < -0.39 is 24.5 Å². The van der Waals surface area contributed by atoms with E-state index in [0.717, 1.165) is 0 Å². The molecule has 0 heterocycles. The minimum Gasteiger partial charge on any atom is -0.349 e. The molecular formula is C16H52N2Si3. The molecule has 0 unspecified atom stereocenters. The largest absolute Gasteiger partial charge is 0.349 e. The van der Waals surface area contributed by atoms with Crippen molar-refractivity contribution < 1.29 is 1.43 Å². The van der Waals surface area contributed by atoms with Crippen molar-refractivity contribution in [2.45, 2.75) is 80.3 Å². The smallest absolute Gasteiger partial charge is 0.112 e. The first-order valence-electron chi connectivity index (χ1n) is 7.24. The fraction of sp³-hybridized carbons (Fsp3) is 1.00. The van der Waals surface area contributed by atoms with E-state index in [1.165, 1.54) is 0 Å². The van der Waals surface area contributed by atoms with Gasteiger partial charge in [0.25, 0.3) is 0 Å². The summed E-state index contributed by atoms with van der Waals surface area (Å²) in [4.78, 5) is 2.00. The SMILES string of the molecule is C.C.CN(C)C.CN([Si](C)(C)C)[Si](C)(C)C.C[Si](C)(C)C.[2HH]. The van der Waals surface area contributed by atoms with Crippen LogP contribution < -0.4 is 0 Å². The lowest BCUT2D eigenvalue weighted by Gasteiger charge is -2.40. The molecule has 0 aromatic rings. The minimum atomic E-state index is -1.00. The Bertz CT molecular complexity index is 194. The van der Waals surface area contributed by atoms with Crippen LogP contribution in [0.25, 0.3) is 0 Å². The third-order valence-electron chi connectivity index (χ3n) is 2.01. The van der Waals surface area contributed by atoms with E-state index in [4.69, 9.17) is 0 Å². The Balaban J connectivity index is -0.0000000461. The Morgan fingerprint density at radius 3 is 0.619 bits per heavy atom. The van der Waals surface area contributed by atoms with Crippen LogP contribution in [0.15, 0.2) is 0 Å². The molecule has 0 saturated carbocycles. The molecule has 21 heavy (non-hydrogen) atoms. The Hall–Kier alpha value is 0.571. The Morgan fingerprint density at radius 2 is 0.619 bits per heavy atom. The zero-order valence-electron chi connectivity index (χ0n) is 16.4. The predicted octanol–water partition coefficient (Wildman–Crippen LogP) is 6.24. The Morgan fingerprint density at radius 1 is 0.524 bits per heavy atom. The Labute approximate surface area is 144 Å². The molecule has 0 spiro atoms. The van der Waals surface area contributed by atoms with E-state index in [-0.39, 0.29) is 16.3 Å². The van der Waals surface area contributed by atoms with Gasteiger partial charge in [-0.1, -0.05) is 80.3 Å². The second-order valence-electron chi connectivity index (χ2n) is 9.24. The standard InChI is InChI=1S/C7H21NSi2.C4H12Si.C3H9N.2CH4.H2/c1-8(9(2,3)4)10(5,6)7;1-5(2,3)4;1-4(2)3;;;/h1-7H3;1-4H3;1-3H3;2*1H4;1H/i;;;;;1+1. The van der Waals surface area contributed by atoms with Gasteiger partial charge in [-0.3, -0.25) is 0 Å². The molecule has 0 amide bonds. The van der Waals surface area contributed by atoms with Crippen LogP contribution in [-0.2, 0) is 0 Å². The molecule has 0 aliphatic rings. The van der Waals surface area contributed by atoms with Gasteiger partial charge in [0.1, 0.15) is 16.5 Å². The van der Waals surface area contributed by atoms with Crippen LogP contribution in [0, 0.1) is 0 Å². The molecule has 0 bridgehead atoms. The summed E-state index contributed by atoms with van der Waals surface area (Å²) in [5.41, 5.74) is 0. The molecule has 0 fully saturated rings. The van der Waals surface area contributed by atoms with Crippen molar-refractivity contribution in [3.05, 3.63) is 0 Å². The van der Waals surface area contributed by atoms with E-state index in [0.29, 0.717) is 0 Å². The van der Waals surface area contributed by atoms with Crippen LogP contribution in [0.1, 0.15) is 16.3 Å². The van der Waals surface area contributed by atoms with E-state index >= 15 is 0 Å². The van der Waals surface area contributed by atoms with Gasteiger partial charge in [-0.05, 0) is 28.2 Å². The molecule has 0 aromatic heterocycles. The van der Waals surface area contributed by atoms with Gasteiger partial charge in [-0.25, -0.2) is 0 Å². The summed E-state index contributed by atoms with van der Waals surface area (Å²) < 4.78 is 2.65. The number of hydrogen-bond acceptors (Lipinski definition) is 2. The molecule has 0 aromatic carbocycles. The highest BCUT2D eigenvalue weighted by atomic mass is 28.4. The van der Waals surface area contributed by atoms with Gasteiger partial charge >= 0.3 is 0 Å². The lowest BCUT2D eigenvalue weighted by molar-refractivity contribution is 0.505. The van der Waals surface area contributed by atoms with Crippen molar-refractivity contribution in [1.29, 1.82) is 0 Å². The maximum atomic E-state index is 2.65. The molecule has 0 atom stereocenters. The van der Waals surface area contributed by atoms with Gasteiger partial charge in [0, 0.05) is 9.50 Å². The van der Waals surface area contributed by atoms with Crippen LogP contribution in [0.4, 0.5) is 0 Å². The first-order valence-corrected chi connectivity index (χ1v) is 18.1. The van der Waals surface area contributed by atoms with E-state index in [9.17, 15) is 0 Å². The van der Waals surface area contributed by atoms with Crippen molar-refractivity contribution >= 4 is 24.5 Å². The number of nitrogens with zero attached hydrogens (tertiary/aromatic N) is 2. The monoisotopic (exact) mass is 357 g/mol. The molecular weight excluding hydrogens is 304 g/mol. The van der Waals surface area contributed by atoms with Crippen molar-refractivity contribution in [1.82, 2.24) is 9.13 Å². The molecule has 0 N–H and O–H groups in total. The molecule has 138 valence electrons. The molecule has 0 rings (SSSR count). The second kappa shape index (κ2) is 13.1. The van der Waals surface area contributed by atoms with E-state index in [1.807, 2.05) is 26.0 Å². The molecule has 0 aliphatic heterocycles. The highest BCUT2D eigenvalue weighted by Crippen LogP contribution is 2.16. The van der Waals surface area contributed by atoms with Crippen molar-refractivity contribution in [3.8, 4) is 0 Å². The Kier molecular flexibility index (Phi) is 20.7. The van der Waals surface area contributed by atoms with Gasteiger partial charge in [0.05, 0.1) is 0 Å². The quantitative estimate of drug-likeness (QED) is 0.540. The van der Waals surface area contributed by atoms with Gasteiger partial charge < -0.3 is 9.13 Å². The lowest BCUT2D eigenvalue weighted by atomic mass is 11.0. The van der Waals surface area contributed by atoms with Crippen LogP contribution in [0.5, 0.6) is 0 Å². The van der Waals surface area contributed by atoms with Crippen molar-refractivity contribution in [2.75, 3.05) is 28.2 Å². The molecule has 2 nitrogen and oxygen atoms in total. The topological polar surface area (TPSA) is 6.48 Å². The molecule has 0 aliphatic carbocycles. The zero-order chi connectivity index (χ0) is 16.7. The zero-order valence-corrected chi connectivity index (χ0v) is 19.4. The molecule has 0 saturated heterocycles. The molecule has 0 radical (unpaired) electrons. The van der Waals surface area contributed by atoms with Crippen molar-refractivity contribution in [2.24, 2.45) is 0 Å². The summed E-state index contributed by atoms with van der Waals surface area (Å²) in [5.74, 6) is 0. The van der Waals surface area contributed by atoms with Crippen LogP contribution in [0.2, 0.25) is 65.5 Å². The maximum absolute atomic E-state index is 2.65. The summed E-state index contributed by atoms with van der Waals surface area (Å²) >= 11 is 0. The third kappa shape index (κ3) is 44.9. The first kappa shape index (κ1) is 33.2. The summed E-state index contributed by atoms with van der Waals surface area (Å²) in [6.07, 6.45) is 0. The van der Waals surface area contributed by atoms with Gasteiger partial charge in [0.2, 0.25) is 0 Å². The summed E-state index contributed by atoms with van der Waals surface area (Å²) in [6.45, 7) is 23.8. The highest BCUT2D eigenvalue weighted by molar-refractivity contribution is 6.89. The summed E-state index contributed by atoms with van der Waals surface area (Å²) in [7, 11) is 5.68. The highest BCUT2D eigenvalue weighted by Gasteiger charge is 2.30. The minimum absolute atomic E-state index is 0. The van der Waals surface area contributed by atoms with Crippen LogP contribution >= 0.6 is 0 Å². The van der Waals surface area contributed by atoms with E-state index in [2.05, 4.69) is 76.7 Å². The van der Waals surface area contributed by atoms with E-state index in [1.54, 1.807) is 0 Å². The van der Waals surface area contributed by atoms with Gasteiger partial charge in [-0.15, -0.1) is 0 Å². The average Bonchev–Trinajstić information content (AvgIpc) is 1.94. The maximum Gasteiger partial charge on any atom is 0.112 e. The van der Waals surface area contributed by atoms with Crippen LogP contribution in [-0.4, -0.2) is 61.9 Å². The average molecular weight is 358 g/mol. The predicted molar refractivity (Wildman–Crippen MR) is 119 cm³/mol. The fourth-order valence-corrected chi connectivity index (χ4v) is 9.06. The summed E-state index contributed by atoms with van der Waals surface area (Å²) in [6, 6.07) is 0. The van der Waals surface area contributed by atoms with Crippen molar-refractivity contribution in [3.63, 3.8) is 0 Å². The molecule has 5 heteroatoms. The third-order valence-corrected chi connectivity index (χ3v) is 10.1. The first-order chi connectivity index (χ1) is 7.89. The number of rotatable bonds is 2. The lowest BCUT2D eigenvalue weighted by Crippen LogP contribution is -2.56. The van der Waals surface area contributed by atoms with Crippen LogP contribution in [0.3, 0.4) is 0 Å². The fourth-order valence-electron chi connectivity index (χ4n) is 1.01. The number of hydrogen-bond donors (Lipinski definition) is 0. The van der Waals surface area contributed by atoms with Gasteiger partial charge in [-0.2, -0.15) is 0 Å². The normalized spacial score (nSPS) is 11.4. The van der Waals surface area contributed by atoms with Gasteiger partial charge in [0.15, 0.2) is 0 Å².